The molecule has 0 spiro atoms. The van der Waals surface area contributed by atoms with Crippen LogP contribution in [0.2, 0.25) is 5.02 Å². The first-order valence-corrected chi connectivity index (χ1v) is 9.81. The van der Waals surface area contributed by atoms with E-state index in [4.69, 9.17) is 11.6 Å². The molecule has 0 unspecified atom stereocenters. The Morgan fingerprint density at radius 3 is 2.24 bits per heavy atom. The Labute approximate surface area is 161 Å². The Hall–Kier alpha value is -1.24. The molecular formula is C17H24Cl2N2O3S. The van der Waals surface area contributed by atoms with Gasteiger partial charge in [0.1, 0.15) is 0 Å². The second-order valence-electron chi connectivity index (χ2n) is 6.25. The Balaban J connectivity index is 0.00000312. The van der Waals surface area contributed by atoms with E-state index in [0.29, 0.717) is 35.8 Å². The molecule has 1 amide bonds. The summed E-state index contributed by atoms with van der Waals surface area (Å²) in [6.07, 6.45) is 0.398. The molecule has 2 rings (SSSR count). The second kappa shape index (κ2) is 7.98. The van der Waals surface area contributed by atoms with Crippen LogP contribution in [-0.4, -0.2) is 37.9 Å². The lowest BCUT2D eigenvalue weighted by Crippen LogP contribution is -2.46. The number of amides is 1. The summed E-state index contributed by atoms with van der Waals surface area (Å²) in [5.41, 5.74) is 0.496. The van der Waals surface area contributed by atoms with Crippen molar-refractivity contribution in [1.82, 2.24) is 4.90 Å². The molecule has 0 bridgehead atoms. The van der Waals surface area contributed by atoms with Gasteiger partial charge in [-0.2, -0.15) is 0 Å². The third-order valence-electron chi connectivity index (χ3n) is 4.30. The van der Waals surface area contributed by atoms with E-state index in [9.17, 15) is 13.2 Å². The number of rotatable bonds is 5. The monoisotopic (exact) mass is 406 g/mol. The molecule has 1 aliphatic heterocycles. The van der Waals surface area contributed by atoms with E-state index in [0.717, 1.165) is 0 Å². The van der Waals surface area contributed by atoms with Gasteiger partial charge in [-0.15, -0.1) is 12.4 Å². The summed E-state index contributed by atoms with van der Waals surface area (Å²) in [5.74, 6) is 0.0107. The van der Waals surface area contributed by atoms with Gasteiger partial charge < -0.3 is 4.90 Å². The normalized spacial score (nSPS) is 17.6. The van der Waals surface area contributed by atoms with Crippen LogP contribution in [-0.2, 0) is 14.8 Å². The minimum atomic E-state index is -3.61. The quantitative estimate of drug-likeness (QED) is 0.746. The highest BCUT2D eigenvalue weighted by molar-refractivity contribution is 7.96. The third kappa shape index (κ3) is 4.30. The van der Waals surface area contributed by atoms with E-state index in [2.05, 4.69) is 0 Å². The molecule has 0 saturated carbocycles. The smallest absolute Gasteiger partial charge is 0.258 e. The number of sulfonamides is 1. The van der Waals surface area contributed by atoms with Crippen molar-refractivity contribution in [3.8, 4) is 0 Å². The summed E-state index contributed by atoms with van der Waals surface area (Å²) < 4.78 is 26.8. The van der Waals surface area contributed by atoms with E-state index < -0.39 is 15.6 Å². The first-order valence-electron chi connectivity index (χ1n) is 7.93. The maximum Gasteiger partial charge on any atom is 0.258 e. The predicted octanol–water partition coefficient (Wildman–Crippen LogP) is 3.83. The van der Waals surface area contributed by atoms with Gasteiger partial charge in [0.15, 0.2) is 0 Å². The van der Waals surface area contributed by atoms with Gasteiger partial charge in [-0.3, -0.25) is 9.10 Å². The van der Waals surface area contributed by atoms with Crippen molar-refractivity contribution >= 4 is 45.6 Å². The van der Waals surface area contributed by atoms with Gasteiger partial charge in [0.25, 0.3) is 10.0 Å². The molecule has 0 aliphatic carbocycles. The Morgan fingerprint density at radius 1 is 1.20 bits per heavy atom. The molecule has 8 heteroatoms. The SMILES string of the molecule is CCC(=O)N(CC)CC1=CS(=O)(=O)N(c2ccc(Cl)cc2)C1(C)C.Cl. The molecule has 1 aromatic rings. The van der Waals surface area contributed by atoms with Crippen molar-refractivity contribution in [3.63, 3.8) is 0 Å². The van der Waals surface area contributed by atoms with E-state index in [1.54, 1.807) is 36.1 Å². The van der Waals surface area contributed by atoms with E-state index in [-0.39, 0.29) is 18.3 Å². The van der Waals surface area contributed by atoms with Crippen molar-refractivity contribution in [1.29, 1.82) is 0 Å². The van der Waals surface area contributed by atoms with Crippen molar-refractivity contribution in [3.05, 3.63) is 40.3 Å². The van der Waals surface area contributed by atoms with Gasteiger partial charge in [0.2, 0.25) is 5.91 Å². The van der Waals surface area contributed by atoms with E-state index in [1.165, 1.54) is 9.71 Å². The molecule has 0 saturated heterocycles. The first-order chi connectivity index (χ1) is 11.1. The highest BCUT2D eigenvalue weighted by Crippen LogP contribution is 2.40. The van der Waals surface area contributed by atoms with Crippen molar-refractivity contribution in [2.24, 2.45) is 0 Å². The second-order valence-corrected chi connectivity index (χ2v) is 8.32. The standard InChI is InChI=1S/C17H23ClN2O3S.ClH/c1-5-16(21)19(6-2)11-13-12-24(22,23)20(17(13,3)4)15-9-7-14(18)8-10-15;/h7-10,12H,5-6,11H2,1-4H3;1H. The summed E-state index contributed by atoms with van der Waals surface area (Å²) in [6.45, 7) is 8.24. The largest absolute Gasteiger partial charge is 0.339 e. The zero-order chi connectivity index (χ0) is 18.1. The number of carbonyl (C=O) groups is 1. The van der Waals surface area contributed by atoms with Crippen LogP contribution in [0.5, 0.6) is 0 Å². The molecule has 0 N–H and O–H groups in total. The van der Waals surface area contributed by atoms with Crippen LogP contribution >= 0.6 is 24.0 Å². The van der Waals surface area contributed by atoms with E-state index >= 15 is 0 Å². The summed E-state index contributed by atoms with van der Waals surface area (Å²) in [4.78, 5) is 13.7. The molecular weight excluding hydrogens is 383 g/mol. The van der Waals surface area contributed by atoms with Gasteiger partial charge in [0, 0.05) is 24.5 Å². The molecule has 1 aliphatic rings. The zero-order valence-electron chi connectivity index (χ0n) is 14.8. The van der Waals surface area contributed by atoms with Gasteiger partial charge in [-0.1, -0.05) is 18.5 Å². The topological polar surface area (TPSA) is 57.7 Å². The van der Waals surface area contributed by atoms with Gasteiger partial charge in [-0.25, -0.2) is 8.42 Å². The summed E-state index contributed by atoms with van der Waals surface area (Å²) in [6, 6.07) is 6.71. The van der Waals surface area contributed by atoms with Crippen molar-refractivity contribution in [2.45, 2.75) is 39.7 Å². The Kier molecular flexibility index (Phi) is 6.95. The van der Waals surface area contributed by atoms with Crippen molar-refractivity contribution < 1.29 is 13.2 Å². The zero-order valence-corrected chi connectivity index (χ0v) is 17.2. The fourth-order valence-corrected chi connectivity index (χ4v) is 5.03. The lowest BCUT2D eigenvalue weighted by molar-refractivity contribution is -0.130. The van der Waals surface area contributed by atoms with Crippen LogP contribution in [0.1, 0.15) is 34.1 Å². The van der Waals surface area contributed by atoms with Crippen LogP contribution in [0.15, 0.2) is 35.2 Å². The fourth-order valence-electron chi connectivity index (χ4n) is 2.91. The Bertz CT molecular complexity index is 759. The number of anilines is 1. The maximum absolute atomic E-state index is 12.7. The molecule has 0 radical (unpaired) electrons. The number of nitrogens with zero attached hydrogens (tertiary/aromatic N) is 2. The van der Waals surface area contributed by atoms with Crippen molar-refractivity contribution in [2.75, 3.05) is 17.4 Å². The molecule has 0 fully saturated rings. The van der Waals surface area contributed by atoms with Gasteiger partial charge in [-0.05, 0) is 50.6 Å². The van der Waals surface area contributed by atoms with Crippen LogP contribution in [0.3, 0.4) is 0 Å². The molecule has 1 aromatic carbocycles. The molecule has 1 heterocycles. The van der Waals surface area contributed by atoms with Crippen LogP contribution in [0, 0.1) is 0 Å². The van der Waals surface area contributed by atoms with E-state index in [1.807, 2.05) is 20.8 Å². The number of hydrogen-bond acceptors (Lipinski definition) is 3. The summed E-state index contributed by atoms with van der Waals surface area (Å²) >= 11 is 5.90. The van der Waals surface area contributed by atoms with Gasteiger partial charge >= 0.3 is 0 Å². The predicted molar refractivity (Wildman–Crippen MR) is 105 cm³/mol. The minimum Gasteiger partial charge on any atom is -0.339 e. The molecule has 0 atom stereocenters. The molecule has 5 nitrogen and oxygen atoms in total. The first kappa shape index (κ1) is 21.8. The number of benzene rings is 1. The van der Waals surface area contributed by atoms with Gasteiger partial charge in [0.05, 0.1) is 16.6 Å². The third-order valence-corrected chi connectivity index (χ3v) is 6.31. The number of halogens is 2. The maximum atomic E-state index is 12.7. The lowest BCUT2D eigenvalue weighted by atomic mass is 9.94. The highest BCUT2D eigenvalue weighted by atomic mass is 35.5. The van der Waals surface area contributed by atoms with Crippen LogP contribution in [0.4, 0.5) is 5.69 Å². The molecule has 140 valence electrons. The van der Waals surface area contributed by atoms with Crippen LogP contribution < -0.4 is 4.31 Å². The average molecular weight is 407 g/mol. The molecule has 0 aromatic heterocycles. The Morgan fingerprint density at radius 2 is 1.76 bits per heavy atom. The number of carbonyl (C=O) groups excluding carboxylic acids is 1. The minimum absolute atomic E-state index is 0. The highest BCUT2D eigenvalue weighted by Gasteiger charge is 2.45. The number of hydrogen-bond donors (Lipinski definition) is 0. The fraction of sp³-hybridized carbons (Fsp3) is 0.471. The van der Waals surface area contributed by atoms with Crippen LogP contribution in [0.25, 0.3) is 0 Å². The lowest BCUT2D eigenvalue weighted by Gasteiger charge is -2.36. The molecule has 25 heavy (non-hydrogen) atoms. The average Bonchev–Trinajstić information content (AvgIpc) is 2.69. The summed E-state index contributed by atoms with van der Waals surface area (Å²) in [7, 11) is -3.61. The number of likely N-dealkylation sites (N-methyl/N-ethyl adjacent to an activating group) is 1. The summed E-state index contributed by atoms with van der Waals surface area (Å²) in [5, 5.41) is 1.83.